The second kappa shape index (κ2) is 7.74. The van der Waals surface area contributed by atoms with Crippen LogP contribution in [0.5, 0.6) is 0 Å². The summed E-state index contributed by atoms with van der Waals surface area (Å²) in [5, 5.41) is 10.7. The molecule has 1 atom stereocenters. The highest BCUT2D eigenvalue weighted by molar-refractivity contribution is 5.91. The molecule has 2 aliphatic rings. The Morgan fingerprint density at radius 2 is 2.21 bits per heavy atom. The molecule has 1 N–H and O–H groups in total. The van der Waals surface area contributed by atoms with E-state index in [0.717, 1.165) is 19.4 Å². The molecule has 2 amide bonds. The highest BCUT2D eigenvalue weighted by Gasteiger charge is 2.33. The van der Waals surface area contributed by atoms with Gasteiger partial charge in [-0.25, -0.2) is 4.68 Å². The lowest BCUT2D eigenvalue weighted by Gasteiger charge is -2.24. The van der Waals surface area contributed by atoms with Gasteiger partial charge in [-0.2, -0.15) is 0 Å². The zero-order valence-corrected chi connectivity index (χ0v) is 14.1. The first-order valence-electron chi connectivity index (χ1n) is 8.64. The van der Waals surface area contributed by atoms with Crippen molar-refractivity contribution in [3.63, 3.8) is 0 Å². The van der Waals surface area contributed by atoms with E-state index in [1.54, 1.807) is 18.0 Å². The number of hydrogen-bond acceptors (Lipinski definition) is 5. The summed E-state index contributed by atoms with van der Waals surface area (Å²) >= 11 is 0. The largest absolute Gasteiger partial charge is 0.383 e. The quantitative estimate of drug-likeness (QED) is 0.697. The first-order chi connectivity index (χ1) is 11.7. The molecule has 0 radical (unpaired) electrons. The van der Waals surface area contributed by atoms with Crippen molar-refractivity contribution in [1.29, 1.82) is 0 Å². The number of likely N-dealkylation sites (tertiary alicyclic amines) is 1. The van der Waals surface area contributed by atoms with Gasteiger partial charge < -0.3 is 15.0 Å². The molecule has 24 heavy (non-hydrogen) atoms. The van der Waals surface area contributed by atoms with Crippen LogP contribution in [0.1, 0.15) is 42.6 Å². The van der Waals surface area contributed by atoms with Gasteiger partial charge in [-0.05, 0) is 31.6 Å². The van der Waals surface area contributed by atoms with Crippen molar-refractivity contribution >= 4 is 11.8 Å². The van der Waals surface area contributed by atoms with Crippen molar-refractivity contribution in [2.75, 3.05) is 26.8 Å². The molecule has 2 heterocycles. The van der Waals surface area contributed by atoms with Crippen molar-refractivity contribution in [3.05, 3.63) is 11.9 Å². The van der Waals surface area contributed by atoms with Gasteiger partial charge in [0.1, 0.15) is 0 Å². The maximum Gasteiger partial charge on any atom is 0.273 e. The first kappa shape index (κ1) is 16.9. The van der Waals surface area contributed by atoms with Gasteiger partial charge in [0.05, 0.1) is 25.4 Å². The van der Waals surface area contributed by atoms with Crippen LogP contribution in [0.25, 0.3) is 0 Å². The molecular weight excluding hydrogens is 310 g/mol. The van der Waals surface area contributed by atoms with Crippen LogP contribution in [0.4, 0.5) is 0 Å². The third-order valence-corrected chi connectivity index (χ3v) is 4.62. The second-order valence-electron chi connectivity index (χ2n) is 6.61. The summed E-state index contributed by atoms with van der Waals surface area (Å²) in [5.74, 6) is 0.608. The normalized spacial score (nSPS) is 20.4. The summed E-state index contributed by atoms with van der Waals surface area (Å²) in [5.41, 5.74) is 0.292. The van der Waals surface area contributed by atoms with Crippen LogP contribution < -0.4 is 5.32 Å². The summed E-state index contributed by atoms with van der Waals surface area (Å²) in [7, 11) is 1.58. The number of ether oxygens (including phenoxy) is 1. The number of carbonyl (C=O) groups is 2. The fourth-order valence-electron chi connectivity index (χ4n) is 3.10. The lowest BCUT2D eigenvalue weighted by atomic mass is 10.2. The Bertz CT molecular complexity index is 584. The molecule has 1 saturated heterocycles. The van der Waals surface area contributed by atoms with Crippen molar-refractivity contribution in [2.24, 2.45) is 5.92 Å². The molecule has 1 aromatic rings. The molecule has 1 aromatic heterocycles. The molecule has 0 bridgehead atoms. The van der Waals surface area contributed by atoms with Gasteiger partial charge >= 0.3 is 0 Å². The number of rotatable bonds is 8. The van der Waals surface area contributed by atoms with Crippen LogP contribution in [0.15, 0.2) is 6.20 Å². The Balaban J connectivity index is 1.53. The van der Waals surface area contributed by atoms with Crippen LogP contribution in [0.3, 0.4) is 0 Å². The van der Waals surface area contributed by atoms with E-state index in [4.69, 9.17) is 4.74 Å². The molecule has 132 valence electrons. The molecule has 0 aromatic carbocycles. The summed E-state index contributed by atoms with van der Waals surface area (Å²) < 4.78 is 6.56. The van der Waals surface area contributed by atoms with Gasteiger partial charge in [-0.15, -0.1) is 5.10 Å². The zero-order valence-electron chi connectivity index (χ0n) is 14.1. The molecule has 0 spiro atoms. The molecule has 1 aliphatic heterocycles. The molecule has 0 unspecified atom stereocenters. The van der Waals surface area contributed by atoms with E-state index in [1.165, 1.54) is 12.8 Å². The average molecular weight is 335 g/mol. The lowest BCUT2D eigenvalue weighted by Crippen LogP contribution is -2.38. The van der Waals surface area contributed by atoms with Crippen molar-refractivity contribution in [1.82, 2.24) is 25.2 Å². The fraction of sp³-hybridized carbons (Fsp3) is 0.750. The SMILES string of the molecule is COCCNC(=O)c1cn(C[C@@H]2CCCN2C(=O)CC2CC2)nn1. The maximum absolute atomic E-state index is 12.4. The Kier molecular flexibility index (Phi) is 5.44. The average Bonchev–Trinajstić information content (AvgIpc) is 3.08. The van der Waals surface area contributed by atoms with Crippen molar-refractivity contribution < 1.29 is 14.3 Å². The van der Waals surface area contributed by atoms with Crippen molar-refractivity contribution in [3.8, 4) is 0 Å². The highest BCUT2D eigenvalue weighted by atomic mass is 16.5. The minimum atomic E-state index is -0.258. The Morgan fingerprint density at radius 3 is 2.96 bits per heavy atom. The molecule has 3 rings (SSSR count). The summed E-state index contributed by atoms with van der Waals surface area (Å²) in [6.45, 7) is 2.32. The summed E-state index contributed by atoms with van der Waals surface area (Å²) in [4.78, 5) is 26.3. The standard InChI is InChI=1S/C16H25N5O3/c1-24-8-6-17-16(23)14-11-20(19-18-14)10-13-3-2-7-21(13)15(22)9-12-4-5-12/h11-13H,2-10H2,1H3,(H,17,23)/t13-/m0/s1. The number of amides is 2. The van der Waals surface area contributed by atoms with Crippen molar-refractivity contribution in [2.45, 2.75) is 44.7 Å². The monoisotopic (exact) mass is 335 g/mol. The van der Waals surface area contributed by atoms with E-state index in [2.05, 4.69) is 15.6 Å². The van der Waals surface area contributed by atoms with Gasteiger partial charge in [0.2, 0.25) is 5.91 Å². The predicted molar refractivity (Wildman–Crippen MR) is 86.3 cm³/mol. The first-order valence-corrected chi connectivity index (χ1v) is 8.64. The zero-order chi connectivity index (χ0) is 16.9. The van der Waals surface area contributed by atoms with Gasteiger partial charge in [0.25, 0.3) is 5.91 Å². The topological polar surface area (TPSA) is 89.4 Å². The van der Waals surface area contributed by atoms with E-state index >= 15 is 0 Å². The van der Waals surface area contributed by atoms with E-state index in [0.29, 0.717) is 37.7 Å². The number of nitrogens with zero attached hydrogens (tertiary/aromatic N) is 4. The summed E-state index contributed by atoms with van der Waals surface area (Å²) in [6.07, 6.45) is 6.71. The number of carbonyl (C=O) groups excluding carboxylic acids is 2. The van der Waals surface area contributed by atoms with E-state index in [1.807, 2.05) is 4.90 Å². The van der Waals surface area contributed by atoms with Crippen LogP contribution in [-0.4, -0.2) is 64.6 Å². The van der Waals surface area contributed by atoms with Gasteiger partial charge in [-0.1, -0.05) is 5.21 Å². The Hall–Kier alpha value is -1.96. The maximum atomic E-state index is 12.4. The third kappa shape index (κ3) is 4.31. The van der Waals surface area contributed by atoms with E-state index < -0.39 is 0 Å². The van der Waals surface area contributed by atoms with Gasteiger partial charge in [0.15, 0.2) is 5.69 Å². The molecule has 8 nitrogen and oxygen atoms in total. The third-order valence-electron chi connectivity index (χ3n) is 4.62. The Morgan fingerprint density at radius 1 is 1.38 bits per heavy atom. The van der Waals surface area contributed by atoms with Gasteiger partial charge in [0, 0.05) is 26.6 Å². The predicted octanol–water partition coefficient (Wildman–Crippen LogP) is 0.445. The Labute approximate surface area is 141 Å². The number of aromatic nitrogens is 3. The second-order valence-corrected chi connectivity index (χ2v) is 6.61. The number of methoxy groups -OCH3 is 1. The van der Waals surface area contributed by atoms with Crippen LogP contribution in [0.2, 0.25) is 0 Å². The fourth-order valence-corrected chi connectivity index (χ4v) is 3.10. The molecule has 1 aliphatic carbocycles. The lowest BCUT2D eigenvalue weighted by molar-refractivity contribution is -0.132. The number of nitrogens with one attached hydrogen (secondary N) is 1. The summed E-state index contributed by atoms with van der Waals surface area (Å²) in [6, 6.07) is 0.155. The van der Waals surface area contributed by atoms with E-state index in [-0.39, 0.29) is 17.9 Å². The molecule has 2 fully saturated rings. The number of hydrogen-bond donors (Lipinski definition) is 1. The smallest absolute Gasteiger partial charge is 0.273 e. The molecule has 1 saturated carbocycles. The van der Waals surface area contributed by atoms with Crippen LogP contribution >= 0.6 is 0 Å². The molecule has 8 heteroatoms. The minimum Gasteiger partial charge on any atom is -0.383 e. The van der Waals surface area contributed by atoms with Crippen LogP contribution in [-0.2, 0) is 16.1 Å². The van der Waals surface area contributed by atoms with Gasteiger partial charge in [-0.3, -0.25) is 9.59 Å². The van der Waals surface area contributed by atoms with E-state index in [9.17, 15) is 9.59 Å². The van der Waals surface area contributed by atoms with Crippen LogP contribution in [0, 0.1) is 5.92 Å². The minimum absolute atomic E-state index is 0.155. The molecular formula is C16H25N5O3. The highest BCUT2D eigenvalue weighted by Crippen LogP contribution is 2.34.